The fourth-order valence-corrected chi connectivity index (χ4v) is 6.13. The van der Waals surface area contributed by atoms with E-state index < -0.39 is 0 Å². The topological polar surface area (TPSA) is 33.7 Å². The van der Waals surface area contributed by atoms with Crippen LogP contribution in [0.25, 0.3) is 0 Å². The molecule has 2 saturated heterocycles. The maximum absolute atomic E-state index is 5.61. The smallest absolute Gasteiger partial charge is 0.122 e. The molecule has 2 heterocycles. The third kappa shape index (κ3) is 3.83. The number of piperidine rings is 1. The van der Waals surface area contributed by atoms with Gasteiger partial charge in [0.15, 0.2) is 0 Å². The molecule has 160 valence electrons. The van der Waals surface area contributed by atoms with Crippen LogP contribution in [-0.2, 0) is 19.4 Å². The Bertz CT molecular complexity index is 822. The van der Waals surface area contributed by atoms with E-state index in [0.29, 0.717) is 6.04 Å². The van der Waals surface area contributed by atoms with Gasteiger partial charge < -0.3 is 14.8 Å². The second kappa shape index (κ2) is 8.60. The second-order valence-corrected chi connectivity index (χ2v) is 9.32. The minimum absolute atomic E-state index is 0.491. The molecule has 0 amide bonds. The molecule has 30 heavy (non-hydrogen) atoms. The molecule has 0 radical (unpaired) electrons. The van der Waals surface area contributed by atoms with E-state index in [1.807, 2.05) is 12.1 Å². The quantitative estimate of drug-likeness (QED) is 0.747. The van der Waals surface area contributed by atoms with Gasteiger partial charge in [0.1, 0.15) is 11.5 Å². The Labute approximate surface area is 180 Å². The number of nitrogens with zero attached hydrogens (tertiary/aromatic N) is 1. The van der Waals surface area contributed by atoms with E-state index in [1.54, 1.807) is 14.2 Å². The van der Waals surface area contributed by atoms with Crippen LogP contribution >= 0.6 is 0 Å². The van der Waals surface area contributed by atoms with Crippen LogP contribution in [0.15, 0.2) is 42.5 Å². The molecule has 5 rings (SSSR count). The summed E-state index contributed by atoms with van der Waals surface area (Å²) in [5, 5.41) is 3.90. The monoisotopic (exact) mass is 406 g/mol. The Balaban J connectivity index is 1.17. The highest BCUT2D eigenvalue weighted by Crippen LogP contribution is 2.40. The molecule has 2 fully saturated rings. The van der Waals surface area contributed by atoms with Crippen molar-refractivity contribution in [2.45, 2.75) is 63.2 Å². The van der Waals surface area contributed by atoms with Crippen LogP contribution in [0, 0.1) is 5.92 Å². The van der Waals surface area contributed by atoms with Crippen molar-refractivity contribution >= 4 is 0 Å². The van der Waals surface area contributed by atoms with Crippen LogP contribution < -0.4 is 14.8 Å². The van der Waals surface area contributed by atoms with E-state index in [4.69, 9.17) is 9.47 Å². The maximum Gasteiger partial charge on any atom is 0.122 e. The second-order valence-electron chi connectivity index (χ2n) is 9.32. The lowest BCUT2D eigenvalue weighted by atomic mass is 9.90. The van der Waals surface area contributed by atoms with Gasteiger partial charge in [-0.25, -0.2) is 0 Å². The molecule has 4 heteroatoms. The van der Waals surface area contributed by atoms with E-state index in [0.717, 1.165) is 55.4 Å². The van der Waals surface area contributed by atoms with Gasteiger partial charge in [-0.3, -0.25) is 4.90 Å². The molecule has 0 aromatic heterocycles. The first-order valence-corrected chi connectivity index (χ1v) is 11.5. The summed E-state index contributed by atoms with van der Waals surface area (Å²) >= 11 is 0. The van der Waals surface area contributed by atoms with Gasteiger partial charge in [-0.1, -0.05) is 30.3 Å². The minimum atomic E-state index is 0.491. The van der Waals surface area contributed by atoms with Gasteiger partial charge in [0.05, 0.1) is 14.2 Å². The molecule has 0 spiro atoms. The summed E-state index contributed by atoms with van der Waals surface area (Å²) < 4.78 is 11.2. The number of hydrogen-bond donors (Lipinski definition) is 1. The summed E-state index contributed by atoms with van der Waals surface area (Å²) in [7, 11) is 3.53. The van der Waals surface area contributed by atoms with Gasteiger partial charge in [0, 0.05) is 35.8 Å². The lowest BCUT2D eigenvalue weighted by Gasteiger charge is -2.39. The fourth-order valence-electron chi connectivity index (χ4n) is 6.13. The van der Waals surface area contributed by atoms with Crippen molar-refractivity contribution in [2.24, 2.45) is 5.92 Å². The maximum atomic E-state index is 5.61. The number of nitrogens with one attached hydrogen (secondary N) is 1. The third-order valence-electron chi connectivity index (χ3n) is 7.57. The average Bonchev–Trinajstić information content (AvgIpc) is 3.30. The lowest BCUT2D eigenvalue weighted by molar-refractivity contribution is 0.0946. The van der Waals surface area contributed by atoms with Crippen LogP contribution in [0.3, 0.4) is 0 Å². The Kier molecular flexibility index (Phi) is 5.70. The number of methoxy groups -OCH3 is 2. The van der Waals surface area contributed by atoms with Gasteiger partial charge in [0.2, 0.25) is 0 Å². The largest absolute Gasteiger partial charge is 0.496 e. The molecule has 3 atom stereocenters. The number of ether oxygens (including phenoxy) is 2. The number of fused-ring (bicyclic) bond motifs is 3. The molecule has 4 nitrogen and oxygen atoms in total. The molecular formula is C26H34N2O2. The van der Waals surface area contributed by atoms with E-state index in [1.165, 1.54) is 42.4 Å². The van der Waals surface area contributed by atoms with Crippen molar-refractivity contribution in [3.05, 3.63) is 59.2 Å². The fraction of sp³-hybridized carbons (Fsp3) is 0.538. The minimum Gasteiger partial charge on any atom is -0.496 e. The summed E-state index contributed by atoms with van der Waals surface area (Å²) in [5.41, 5.74) is 4.11. The molecule has 2 aliphatic heterocycles. The number of rotatable bonds is 7. The number of benzene rings is 2. The molecule has 1 aliphatic carbocycles. The van der Waals surface area contributed by atoms with Crippen LogP contribution in [-0.4, -0.2) is 43.8 Å². The Hall–Kier alpha value is -2.04. The molecule has 1 N–H and O–H groups in total. The predicted molar refractivity (Wildman–Crippen MR) is 120 cm³/mol. The van der Waals surface area contributed by atoms with E-state index in [-0.39, 0.29) is 0 Å². The van der Waals surface area contributed by atoms with Crippen molar-refractivity contribution < 1.29 is 9.47 Å². The van der Waals surface area contributed by atoms with Crippen molar-refractivity contribution in [1.29, 1.82) is 0 Å². The van der Waals surface area contributed by atoms with Gasteiger partial charge >= 0.3 is 0 Å². The highest BCUT2D eigenvalue weighted by molar-refractivity contribution is 5.52. The van der Waals surface area contributed by atoms with Crippen molar-refractivity contribution in [3.63, 3.8) is 0 Å². The van der Waals surface area contributed by atoms with Gasteiger partial charge in [0.25, 0.3) is 0 Å². The molecule has 2 aromatic rings. The van der Waals surface area contributed by atoms with Gasteiger partial charge in [-0.2, -0.15) is 0 Å². The molecule has 0 unspecified atom stereocenters. The third-order valence-corrected chi connectivity index (χ3v) is 7.57. The van der Waals surface area contributed by atoms with Crippen molar-refractivity contribution in [3.8, 4) is 11.5 Å². The standard InChI is InChI=1S/C26H34N2O2/c1-29-25-10-11-26(30-2)24-15-20(14-23(24)25)27-16-19-12-21-8-9-22(13-19)28(21)17-18-6-4-3-5-7-18/h3-7,10-11,19-22,27H,8-9,12-17H2,1-2H3/t19-,21-,22+. The Morgan fingerprint density at radius 1 is 0.867 bits per heavy atom. The zero-order valence-corrected chi connectivity index (χ0v) is 18.3. The predicted octanol–water partition coefficient (Wildman–Crippen LogP) is 4.20. The Morgan fingerprint density at radius 2 is 1.47 bits per heavy atom. The van der Waals surface area contributed by atoms with Crippen LogP contribution in [0.1, 0.15) is 42.4 Å². The SMILES string of the molecule is COc1ccc(OC)c2c1CC(NC[C@@H]1C[C@H]3CC[C@@H](C1)N3Cc1ccccc1)C2. The molecule has 2 bridgehead atoms. The highest BCUT2D eigenvalue weighted by atomic mass is 16.5. The summed E-state index contributed by atoms with van der Waals surface area (Å²) in [6.45, 7) is 2.25. The van der Waals surface area contributed by atoms with E-state index in [9.17, 15) is 0 Å². The highest BCUT2D eigenvalue weighted by Gasteiger charge is 2.40. The molecule has 0 saturated carbocycles. The Morgan fingerprint density at radius 3 is 2.03 bits per heavy atom. The summed E-state index contributed by atoms with van der Waals surface area (Å²) in [4.78, 5) is 2.78. The first-order valence-electron chi connectivity index (χ1n) is 11.5. The first-order chi connectivity index (χ1) is 14.7. The normalized spacial score (nSPS) is 26.0. The lowest BCUT2D eigenvalue weighted by Crippen LogP contribution is -2.45. The summed E-state index contributed by atoms with van der Waals surface area (Å²) in [6.07, 6.45) is 7.49. The van der Waals surface area contributed by atoms with Crippen LogP contribution in [0.2, 0.25) is 0 Å². The summed E-state index contributed by atoms with van der Waals surface area (Å²) in [6, 6.07) is 17.1. The van der Waals surface area contributed by atoms with Crippen LogP contribution in [0.4, 0.5) is 0 Å². The van der Waals surface area contributed by atoms with Gasteiger partial charge in [-0.05, 0) is 68.7 Å². The zero-order chi connectivity index (χ0) is 20.5. The molecule has 2 aromatic carbocycles. The van der Waals surface area contributed by atoms with Gasteiger partial charge in [-0.15, -0.1) is 0 Å². The van der Waals surface area contributed by atoms with Crippen molar-refractivity contribution in [1.82, 2.24) is 10.2 Å². The zero-order valence-electron chi connectivity index (χ0n) is 18.3. The number of hydrogen-bond acceptors (Lipinski definition) is 4. The first kappa shape index (κ1) is 19.9. The molecule has 3 aliphatic rings. The van der Waals surface area contributed by atoms with E-state index in [2.05, 4.69) is 40.5 Å². The van der Waals surface area contributed by atoms with Crippen LogP contribution in [0.5, 0.6) is 11.5 Å². The average molecular weight is 407 g/mol. The molecular weight excluding hydrogens is 372 g/mol. The van der Waals surface area contributed by atoms with E-state index >= 15 is 0 Å². The van der Waals surface area contributed by atoms with Crippen molar-refractivity contribution in [2.75, 3.05) is 20.8 Å². The summed E-state index contributed by atoms with van der Waals surface area (Å²) in [5.74, 6) is 2.80.